The predicted octanol–water partition coefficient (Wildman–Crippen LogP) is 2.84. The molecule has 0 radical (unpaired) electrons. The van der Waals surface area contributed by atoms with E-state index in [1.807, 2.05) is 0 Å². The summed E-state index contributed by atoms with van der Waals surface area (Å²) >= 11 is 4.84. The fraction of sp³-hybridized carbons (Fsp3) is 0.167. The van der Waals surface area contributed by atoms with E-state index in [9.17, 15) is 13.2 Å². The summed E-state index contributed by atoms with van der Waals surface area (Å²) < 4.78 is 36.7. The predicted molar refractivity (Wildman–Crippen MR) is 72.2 cm³/mol. The second kappa shape index (κ2) is 5.00. The lowest BCUT2D eigenvalue weighted by molar-refractivity contribution is -0.115. The molecule has 2 rings (SSSR count). The number of hydrogen-bond donors (Lipinski definition) is 2. The molecule has 100 valence electrons. The quantitative estimate of drug-likeness (QED) is 0.851. The molecule has 0 spiro atoms. The molecule has 0 aliphatic rings. The van der Waals surface area contributed by atoms with Gasteiger partial charge in [-0.25, -0.2) is 4.98 Å². The Morgan fingerprint density at radius 2 is 2.00 bits per heavy atom. The molecule has 0 amide bonds. The second-order valence-electron chi connectivity index (χ2n) is 3.91. The van der Waals surface area contributed by atoms with Gasteiger partial charge in [-0.3, -0.25) is 0 Å². The maximum Gasteiger partial charge on any atom is 0.405 e. The number of rotatable bonds is 3. The minimum absolute atomic E-state index is 0.00271. The van der Waals surface area contributed by atoms with Crippen LogP contribution in [0.2, 0.25) is 0 Å². The zero-order chi connectivity index (χ0) is 14.0. The van der Waals surface area contributed by atoms with Crippen molar-refractivity contribution in [3.63, 3.8) is 0 Å². The van der Waals surface area contributed by atoms with Crippen molar-refractivity contribution in [3.8, 4) is 0 Å². The summed E-state index contributed by atoms with van der Waals surface area (Å²) in [5.41, 5.74) is 6.39. The van der Waals surface area contributed by atoms with Gasteiger partial charge in [0.15, 0.2) is 0 Å². The third-order valence-electron chi connectivity index (χ3n) is 2.45. The zero-order valence-corrected chi connectivity index (χ0v) is 10.5. The first kappa shape index (κ1) is 13.5. The maximum absolute atomic E-state index is 12.2. The van der Waals surface area contributed by atoms with Crippen molar-refractivity contribution in [2.75, 3.05) is 11.9 Å². The summed E-state index contributed by atoms with van der Waals surface area (Å²) in [6.45, 7) is -1.19. The number of alkyl halides is 3. The number of nitrogens with zero attached hydrogens (tertiary/aromatic N) is 1. The number of anilines is 1. The van der Waals surface area contributed by atoms with Crippen LogP contribution in [-0.4, -0.2) is 22.7 Å². The SMILES string of the molecule is NC(=S)c1cc2ccccc2nc1NCC(F)(F)F. The third-order valence-corrected chi connectivity index (χ3v) is 2.67. The van der Waals surface area contributed by atoms with Crippen molar-refractivity contribution in [2.45, 2.75) is 6.18 Å². The van der Waals surface area contributed by atoms with Gasteiger partial charge >= 0.3 is 6.18 Å². The van der Waals surface area contributed by atoms with Gasteiger partial charge in [-0.15, -0.1) is 0 Å². The summed E-state index contributed by atoms with van der Waals surface area (Å²) in [5.74, 6) is 0.0449. The summed E-state index contributed by atoms with van der Waals surface area (Å²) in [7, 11) is 0. The molecule has 2 aromatic rings. The van der Waals surface area contributed by atoms with Crippen LogP contribution in [0.15, 0.2) is 30.3 Å². The fourth-order valence-electron chi connectivity index (χ4n) is 1.62. The topological polar surface area (TPSA) is 50.9 Å². The van der Waals surface area contributed by atoms with E-state index in [4.69, 9.17) is 18.0 Å². The summed E-state index contributed by atoms with van der Waals surface area (Å²) in [4.78, 5) is 4.12. The Balaban J connectivity index is 2.45. The van der Waals surface area contributed by atoms with Crippen LogP contribution in [0.3, 0.4) is 0 Å². The highest BCUT2D eigenvalue weighted by Gasteiger charge is 2.27. The van der Waals surface area contributed by atoms with Gasteiger partial charge in [0.2, 0.25) is 0 Å². The number of nitrogens with two attached hydrogens (primary N) is 1. The molecule has 0 aliphatic heterocycles. The Kier molecular flexibility index (Phi) is 3.57. The Hall–Kier alpha value is -1.89. The normalized spacial score (nSPS) is 11.5. The van der Waals surface area contributed by atoms with Gasteiger partial charge < -0.3 is 11.1 Å². The van der Waals surface area contributed by atoms with Crippen molar-refractivity contribution in [1.82, 2.24) is 4.98 Å². The van der Waals surface area contributed by atoms with Crippen LogP contribution >= 0.6 is 12.2 Å². The molecule has 3 nitrogen and oxygen atoms in total. The maximum atomic E-state index is 12.2. The number of benzene rings is 1. The van der Waals surface area contributed by atoms with Gasteiger partial charge in [0.1, 0.15) is 17.4 Å². The van der Waals surface area contributed by atoms with Crippen LogP contribution in [0.5, 0.6) is 0 Å². The number of para-hydroxylation sites is 1. The number of thiocarbonyl (C=S) groups is 1. The summed E-state index contributed by atoms with van der Waals surface area (Å²) in [6.07, 6.45) is -4.33. The molecular formula is C12H10F3N3S. The lowest BCUT2D eigenvalue weighted by Gasteiger charge is -2.13. The van der Waals surface area contributed by atoms with E-state index in [0.29, 0.717) is 11.1 Å². The molecule has 0 saturated heterocycles. The Morgan fingerprint density at radius 3 is 2.63 bits per heavy atom. The van der Waals surface area contributed by atoms with Gasteiger partial charge in [-0.1, -0.05) is 30.4 Å². The van der Waals surface area contributed by atoms with E-state index in [-0.39, 0.29) is 10.8 Å². The van der Waals surface area contributed by atoms with Crippen LogP contribution in [0, 0.1) is 0 Å². The lowest BCUT2D eigenvalue weighted by atomic mass is 10.1. The van der Waals surface area contributed by atoms with E-state index >= 15 is 0 Å². The van der Waals surface area contributed by atoms with Gasteiger partial charge in [-0.2, -0.15) is 13.2 Å². The van der Waals surface area contributed by atoms with E-state index in [1.165, 1.54) is 0 Å². The molecule has 0 fully saturated rings. The van der Waals surface area contributed by atoms with E-state index < -0.39 is 12.7 Å². The molecular weight excluding hydrogens is 275 g/mol. The number of hydrogen-bond acceptors (Lipinski definition) is 3. The molecule has 0 saturated carbocycles. The Morgan fingerprint density at radius 1 is 1.32 bits per heavy atom. The van der Waals surface area contributed by atoms with Crippen LogP contribution in [-0.2, 0) is 0 Å². The minimum atomic E-state index is -4.33. The molecule has 0 atom stereocenters. The van der Waals surface area contributed by atoms with Crippen molar-refractivity contribution in [1.29, 1.82) is 0 Å². The third kappa shape index (κ3) is 3.31. The average Bonchev–Trinajstić information content (AvgIpc) is 2.34. The fourth-order valence-corrected chi connectivity index (χ4v) is 1.78. The summed E-state index contributed by atoms with van der Waals surface area (Å²) in [6, 6.07) is 8.68. The lowest BCUT2D eigenvalue weighted by Crippen LogP contribution is -2.24. The molecule has 0 aliphatic carbocycles. The highest BCUT2D eigenvalue weighted by atomic mass is 32.1. The van der Waals surface area contributed by atoms with E-state index in [1.54, 1.807) is 30.3 Å². The number of halogens is 3. The van der Waals surface area contributed by atoms with Crippen molar-refractivity contribution in [3.05, 3.63) is 35.9 Å². The molecule has 1 aromatic carbocycles. The highest BCUT2D eigenvalue weighted by molar-refractivity contribution is 7.80. The van der Waals surface area contributed by atoms with Crippen molar-refractivity contribution in [2.24, 2.45) is 5.73 Å². The van der Waals surface area contributed by atoms with Gasteiger partial charge in [0.25, 0.3) is 0 Å². The van der Waals surface area contributed by atoms with Gasteiger partial charge in [-0.05, 0) is 12.1 Å². The molecule has 0 bridgehead atoms. The second-order valence-corrected chi connectivity index (χ2v) is 4.35. The molecule has 1 heterocycles. The summed E-state index contributed by atoms with van der Waals surface area (Å²) in [5, 5.41) is 2.99. The highest BCUT2D eigenvalue weighted by Crippen LogP contribution is 2.22. The van der Waals surface area contributed by atoms with Crippen LogP contribution in [0.4, 0.5) is 19.0 Å². The van der Waals surface area contributed by atoms with E-state index in [0.717, 1.165) is 5.39 Å². The van der Waals surface area contributed by atoms with Gasteiger partial charge in [0.05, 0.1) is 11.1 Å². The average molecular weight is 285 g/mol. The first-order valence-corrected chi connectivity index (χ1v) is 5.78. The standard InChI is InChI=1S/C12H10F3N3S/c13-12(14,15)6-17-11-8(10(16)19)5-7-3-1-2-4-9(7)18-11/h1-5H,6H2,(H2,16,19)(H,17,18). The number of nitrogens with one attached hydrogen (secondary N) is 1. The molecule has 1 aromatic heterocycles. The number of aromatic nitrogens is 1. The van der Waals surface area contributed by atoms with Crippen molar-refractivity contribution >= 4 is 33.9 Å². The molecule has 7 heteroatoms. The van der Waals surface area contributed by atoms with Crippen LogP contribution in [0.1, 0.15) is 5.56 Å². The monoisotopic (exact) mass is 285 g/mol. The Bertz CT molecular complexity index is 625. The minimum Gasteiger partial charge on any atom is -0.389 e. The van der Waals surface area contributed by atoms with Crippen molar-refractivity contribution < 1.29 is 13.2 Å². The molecule has 0 unspecified atom stereocenters. The van der Waals surface area contributed by atoms with Gasteiger partial charge in [0, 0.05) is 5.39 Å². The molecule has 3 N–H and O–H groups in total. The van der Waals surface area contributed by atoms with Crippen LogP contribution in [0.25, 0.3) is 10.9 Å². The molecule has 19 heavy (non-hydrogen) atoms. The zero-order valence-electron chi connectivity index (χ0n) is 9.66. The largest absolute Gasteiger partial charge is 0.405 e. The number of pyridine rings is 1. The smallest absolute Gasteiger partial charge is 0.389 e. The Labute approximate surface area is 112 Å². The van der Waals surface area contributed by atoms with Crippen LogP contribution < -0.4 is 11.1 Å². The first-order valence-electron chi connectivity index (χ1n) is 5.37. The number of fused-ring (bicyclic) bond motifs is 1. The first-order chi connectivity index (χ1) is 8.87. The van der Waals surface area contributed by atoms with E-state index in [2.05, 4.69) is 10.3 Å².